The van der Waals surface area contributed by atoms with Crippen LogP contribution in [0.4, 0.5) is 9.18 Å². The van der Waals surface area contributed by atoms with E-state index >= 15 is 0 Å². The van der Waals surface area contributed by atoms with Crippen molar-refractivity contribution in [1.29, 1.82) is 0 Å². The number of ether oxygens (including phenoxy) is 1. The maximum Gasteiger partial charge on any atom is 0.526 e. The van der Waals surface area contributed by atoms with Gasteiger partial charge in [0.1, 0.15) is 30.8 Å². The Morgan fingerprint density at radius 1 is 1.18 bits per heavy atom. The summed E-state index contributed by atoms with van der Waals surface area (Å²) in [7, 11) is -1.23. The molecule has 2 aliphatic rings. The highest BCUT2D eigenvalue weighted by Gasteiger charge is 2.40. The second-order valence-electron chi connectivity index (χ2n) is 9.54. The Hall–Kier alpha value is -3.93. The van der Waals surface area contributed by atoms with Crippen LogP contribution in [0.2, 0.25) is 5.82 Å². The van der Waals surface area contributed by atoms with Gasteiger partial charge in [0.05, 0.1) is 0 Å². The minimum atomic E-state index is -1.23. The van der Waals surface area contributed by atoms with Gasteiger partial charge in [-0.2, -0.15) is 0 Å². The summed E-state index contributed by atoms with van der Waals surface area (Å²) in [5.41, 5.74) is 2.14. The first-order chi connectivity index (χ1) is 18.7. The number of hydrogen-bond donors (Lipinski definition) is 2. The number of urea groups is 1. The van der Waals surface area contributed by atoms with Crippen molar-refractivity contribution < 1.29 is 38.0 Å². The summed E-state index contributed by atoms with van der Waals surface area (Å²) in [5, 5.41) is 13.3. The van der Waals surface area contributed by atoms with Crippen LogP contribution in [0.3, 0.4) is 0 Å². The van der Waals surface area contributed by atoms with Crippen LogP contribution in [0.1, 0.15) is 36.1 Å². The summed E-state index contributed by atoms with van der Waals surface area (Å²) in [6.45, 7) is 3.34. The van der Waals surface area contributed by atoms with Gasteiger partial charge in [-0.3, -0.25) is 19.3 Å². The Bertz CT molecular complexity index is 1240. The van der Waals surface area contributed by atoms with Gasteiger partial charge in [-0.15, -0.1) is 0 Å². The number of fused-ring (bicyclic) bond motifs is 1. The molecule has 4 amide bonds. The quantitative estimate of drug-likeness (QED) is 0.370. The third kappa shape index (κ3) is 6.22. The fourth-order valence-electron chi connectivity index (χ4n) is 4.83. The van der Waals surface area contributed by atoms with E-state index in [2.05, 4.69) is 5.32 Å². The molecule has 1 saturated heterocycles. The molecule has 12 heteroatoms. The van der Waals surface area contributed by atoms with E-state index in [0.29, 0.717) is 30.0 Å². The predicted molar refractivity (Wildman–Crippen MR) is 140 cm³/mol. The number of para-hydroxylation sites is 1. The number of imide groups is 1. The van der Waals surface area contributed by atoms with Gasteiger partial charge in [-0.25, -0.2) is 9.18 Å². The number of likely N-dealkylation sites (N-methyl/N-ethyl adjacent to an activating group) is 1. The Balaban J connectivity index is 1.54. The monoisotopic (exact) mass is 539 g/mol. The summed E-state index contributed by atoms with van der Waals surface area (Å²) < 4.78 is 23.5. The molecule has 0 aliphatic carbocycles. The second kappa shape index (κ2) is 12.3. The third-order valence-corrected chi connectivity index (χ3v) is 6.97. The summed E-state index contributed by atoms with van der Waals surface area (Å²) in [6.07, 6.45) is 0.267. The molecule has 206 valence electrons. The van der Waals surface area contributed by atoms with Crippen molar-refractivity contribution in [2.75, 3.05) is 32.9 Å². The first-order valence-electron chi connectivity index (χ1n) is 12.9. The second-order valence-corrected chi connectivity index (χ2v) is 9.54. The summed E-state index contributed by atoms with van der Waals surface area (Å²) in [5.74, 6) is -1.77. The van der Waals surface area contributed by atoms with Crippen molar-refractivity contribution >= 4 is 30.7 Å². The average molecular weight is 539 g/mol. The van der Waals surface area contributed by atoms with E-state index < -0.39 is 49.3 Å². The van der Waals surface area contributed by atoms with Crippen LogP contribution >= 0.6 is 0 Å². The van der Waals surface area contributed by atoms with Gasteiger partial charge in [-0.1, -0.05) is 30.3 Å². The smallest absolute Gasteiger partial charge is 0.526 e. The van der Waals surface area contributed by atoms with Crippen molar-refractivity contribution in [2.45, 2.75) is 38.5 Å². The molecule has 2 aromatic carbocycles. The zero-order valence-corrected chi connectivity index (χ0v) is 21.9. The van der Waals surface area contributed by atoms with E-state index in [-0.39, 0.29) is 26.1 Å². The summed E-state index contributed by atoms with van der Waals surface area (Å²) in [6, 6.07) is 9.77. The van der Waals surface area contributed by atoms with E-state index in [9.17, 15) is 28.6 Å². The lowest BCUT2D eigenvalue weighted by atomic mass is 9.64. The lowest BCUT2D eigenvalue weighted by Crippen LogP contribution is -2.58. The number of benzene rings is 2. The number of halogens is 1. The van der Waals surface area contributed by atoms with Crippen LogP contribution in [0.5, 0.6) is 11.5 Å². The SMILES string of the molecule is CCN1CCN(C(=O)NC(C(=O)C[C@H]2Cc3cccc(C)c3OB2O)c2ccc(OCCF)cc2)C(=O)C1=O. The number of nitrogens with zero attached hydrogens (tertiary/aromatic N) is 2. The van der Waals surface area contributed by atoms with Gasteiger partial charge < -0.3 is 24.6 Å². The first kappa shape index (κ1) is 28.1. The highest BCUT2D eigenvalue weighted by molar-refractivity contribution is 6.46. The van der Waals surface area contributed by atoms with Crippen LogP contribution in [-0.4, -0.2) is 78.5 Å². The first-order valence-corrected chi connectivity index (χ1v) is 12.9. The predicted octanol–water partition coefficient (Wildman–Crippen LogP) is 2.23. The molecule has 1 fully saturated rings. The summed E-state index contributed by atoms with van der Waals surface area (Å²) >= 11 is 0. The van der Waals surface area contributed by atoms with E-state index in [0.717, 1.165) is 16.0 Å². The van der Waals surface area contributed by atoms with Gasteiger partial charge in [0.2, 0.25) is 0 Å². The molecule has 10 nitrogen and oxygen atoms in total. The molecule has 0 saturated carbocycles. The lowest BCUT2D eigenvalue weighted by Gasteiger charge is -2.33. The van der Waals surface area contributed by atoms with Gasteiger partial charge in [0.25, 0.3) is 0 Å². The topological polar surface area (TPSA) is 125 Å². The largest absolute Gasteiger partial charge is 0.536 e. The van der Waals surface area contributed by atoms with Crippen molar-refractivity contribution in [2.24, 2.45) is 0 Å². The van der Waals surface area contributed by atoms with Gasteiger partial charge >= 0.3 is 25.0 Å². The standard InChI is InChI=1S/C27H31BFN3O7/c1-3-31-12-13-32(26(35)25(31)34)27(36)30-23(18-7-9-21(10-8-18)38-14-11-29)22(33)16-20-15-19-6-4-5-17(2)24(19)39-28(20)37/h4-10,20,23,37H,3,11-16H2,1-2H3,(H,30,36)/t20-,23?/m1/s1. The molecule has 2 aromatic rings. The number of amides is 4. The number of carbonyl (C=O) groups is 4. The number of hydrogen-bond acceptors (Lipinski definition) is 7. The molecule has 0 radical (unpaired) electrons. The Labute approximate surface area is 226 Å². The van der Waals surface area contributed by atoms with E-state index in [1.54, 1.807) is 31.2 Å². The van der Waals surface area contributed by atoms with Crippen LogP contribution < -0.4 is 14.7 Å². The molecule has 0 bridgehead atoms. The summed E-state index contributed by atoms with van der Waals surface area (Å²) in [4.78, 5) is 53.8. The number of alkyl halides is 1. The molecule has 39 heavy (non-hydrogen) atoms. The molecule has 4 rings (SSSR count). The molecule has 0 spiro atoms. The van der Waals surface area contributed by atoms with Crippen LogP contribution in [0.25, 0.3) is 0 Å². The van der Waals surface area contributed by atoms with Crippen molar-refractivity contribution in [1.82, 2.24) is 15.1 Å². The van der Waals surface area contributed by atoms with Gasteiger partial charge in [0, 0.05) is 31.9 Å². The Kier molecular flexibility index (Phi) is 8.85. The molecular weight excluding hydrogens is 508 g/mol. The molecular formula is C27H31BFN3O7. The molecule has 1 unspecified atom stereocenters. The Morgan fingerprint density at radius 2 is 1.92 bits per heavy atom. The van der Waals surface area contributed by atoms with E-state index in [1.165, 1.54) is 4.90 Å². The molecule has 2 atom stereocenters. The zero-order valence-electron chi connectivity index (χ0n) is 21.9. The van der Waals surface area contributed by atoms with E-state index in [4.69, 9.17) is 9.39 Å². The maximum atomic E-state index is 13.6. The maximum absolute atomic E-state index is 13.6. The molecule has 2 aliphatic heterocycles. The molecule has 2 heterocycles. The molecule has 0 aromatic heterocycles. The number of rotatable bonds is 9. The van der Waals surface area contributed by atoms with Crippen molar-refractivity contribution in [3.63, 3.8) is 0 Å². The van der Waals surface area contributed by atoms with Crippen LogP contribution in [0, 0.1) is 6.92 Å². The van der Waals surface area contributed by atoms with Gasteiger partial charge in [0.15, 0.2) is 5.78 Å². The third-order valence-electron chi connectivity index (χ3n) is 6.97. The van der Waals surface area contributed by atoms with Crippen molar-refractivity contribution in [3.05, 3.63) is 59.2 Å². The average Bonchev–Trinajstić information content (AvgIpc) is 2.93. The number of aryl methyl sites for hydroxylation is 1. The number of carbonyl (C=O) groups excluding carboxylic acids is 4. The highest BCUT2D eigenvalue weighted by Crippen LogP contribution is 2.37. The zero-order chi connectivity index (χ0) is 28.1. The lowest BCUT2D eigenvalue weighted by molar-refractivity contribution is -0.153. The van der Waals surface area contributed by atoms with Crippen LogP contribution in [0.15, 0.2) is 42.5 Å². The van der Waals surface area contributed by atoms with Crippen molar-refractivity contribution in [3.8, 4) is 11.5 Å². The van der Waals surface area contributed by atoms with Crippen LogP contribution in [-0.2, 0) is 20.8 Å². The van der Waals surface area contributed by atoms with E-state index in [1.807, 2.05) is 25.1 Å². The minimum Gasteiger partial charge on any atom is -0.536 e. The minimum absolute atomic E-state index is 0.00746. The Morgan fingerprint density at radius 3 is 2.62 bits per heavy atom. The number of nitrogens with one attached hydrogen (secondary N) is 1. The fraction of sp³-hybridized carbons (Fsp3) is 0.407. The highest BCUT2D eigenvalue weighted by atomic mass is 19.1. The molecule has 2 N–H and O–H groups in total. The fourth-order valence-corrected chi connectivity index (χ4v) is 4.83. The number of ketones is 1. The normalized spacial score (nSPS) is 17.8. The number of piperazine rings is 1. The number of Topliss-reactive ketones (excluding diaryl/α,β-unsaturated/α-hetero) is 1. The van der Waals surface area contributed by atoms with Gasteiger partial charge in [-0.05, 0) is 49.1 Å².